The number of thiophene rings is 1. The number of aromatic nitrogens is 2. The van der Waals surface area contributed by atoms with Crippen LogP contribution in [-0.4, -0.2) is 54.0 Å². The third kappa shape index (κ3) is 3.57. The highest BCUT2D eigenvalue weighted by Gasteiger charge is 2.24. The van der Waals surface area contributed by atoms with E-state index in [2.05, 4.69) is 32.1 Å². The van der Waals surface area contributed by atoms with Crippen molar-refractivity contribution in [3.8, 4) is 0 Å². The molecule has 3 heterocycles. The molecule has 1 aliphatic heterocycles. The van der Waals surface area contributed by atoms with Crippen molar-refractivity contribution in [1.29, 1.82) is 0 Å². The minimum atomic E-state index is -0.129. The van der Waals surface area contributed by atoms with Crippen molar-refractivity contribution in [2.24, 2.45) is 0 Å². The molecule has 1 fully saturated rings. The summed E-state index contributed by atoms with van der Waals surface area (Å²) in [6.07, 6.45) is 1.59. The highest BCUT2D eigenvalue weighted by molar-refractivity contribution is 7.20. The number of piperazine rings is 1. The van der Waals surface area contributed by atoms with Crippen molar-refractivity contribution in [2.45, 2.75) is 13.8 Å². The summed E-state index contributed by atoms with van der Waals surface area (Å²) in [6.45, 7) is 7.74. The summed E-state index contributed by atoms with van der Waals surface area (Å²) in [6, 6.07) is 5.44. The van der Waals surface area contributed by atoms with E-state index in [1.165, 1.54) is 11.3 Å². The van der Waals surface area contributed by atoms with Gasteiger partial charge < -0.3 is 15.1 Å². The minimum Gasteiger partial charge on any atom is -0.353 e. The number of hydrogen-bond acceptors (Lipinski definition) is 6. The van der Waals surface area contributed by atoms with Crippen LogP contribution in [0.3, 0.4) is 0 Å². The van der Waals surface area contributed by atoms with Gasteiger partial charge in [-0.2, -0.15) is 0 Å². The Bertz CT molecular complexity index is 1040. The summed E-state index contributed by atoms with van der Waals surface area (Å²) in [5.41, 5.74) is 2.62. The van der Waals surface area contributed by atoms with Crippen molar-refractivity contribution in [1.82, 2.24) is 14.9 Å². The molecule has 0 saturated carbocycles. The third-order valence-electron chi connectivity index (χ3n) is 5.15. The Kier molecular flexibility index (Phi) is 5.23. The number of likely N-dealkylation sites (N-methyl/N-ethyl adjacent to an activating group) is 1. The SMILES string of the molecule is Cc1cc(Cl)ccc1NC(=O)c1sc2ncnc(N3CCN(C)CC3)c2c1C. The van der Waals surface area contributed by atoms with Crippen LogP contribution in [-0.2, 0) is 0 Å². The van der Waals surface area contributed by atoms with E-state index in [0.29, 0.717) is 9.90 Å². The number of amides is 1. The maximum absolute atomic E-state index is 13.0. The number of nitrogens with zero attached hydrogens (tertiary/aromatic N) is 4. The van der Waals surface area contributed by atoms with Gasteiger partial charge in [-0.15, -0.1) is 11.3 Å². The van der Waals surface area contributed by atoms with Crippen LogP contribution < -0.4 is 10.2 Å². The second-order valence-electron chi connectivity index (χ2n) is 7.14. The van der Waals surface area contributed by atoms with Gasteiger partial charge in [-0.3, -0.25) is 4.79 Å². The largest absolute Gasteiger partial charge is 0.353 e. The lowest BCUT2D eigenvalue weighted by molar-refractivity contribution is 0.103. The van der Waals surface area contributed by atoms with E-state index in [1.807, 2.05) is 26.0 Å². The molecule has 1 saturated heterocycles. The van der Waals surface area contributed by atoms with Crippen LogP contribution in [0.2, 0.25) is 5.02 Å². The van der Waals surface area contributed by atoms with E-state index in [-0.39, 0.29) is 5.91 Å². The van der Waals surface area contributed by atoms with E-state index in [0.717, 1.165) is 59.0 Å². The monoisotopic (exact) mass is 415 g/mol. The van der Waals surface area contributed by atoms with Gasteiger partial charge in [0.05, 0.1) is 10.3 Å². The molecule has 3 aromatic rings. The maximum Gasteiger partial charge on any atom is 0.266 e. The predicted molar refractivity (Wildman–Crippen MR) is 116 cm³/mol. The third-order valence-corrected chi connectivity index (χ3v) is 6.59. The van der Waals surface area contributed by atoms with Crippen LogP contribution in [0.15, 0.2) is 24.5 Å². The zero-order valence-corrected chi connectivity index (χ0v) is 17.7. The highest BCUT2D eigenvalue weighted by Crippen LogP contribution is 2.35. The molecular weight excluding hydrogens is 394 g/mol. The van der Waals surface area contributed by atoms with Gasteiger partial charge in [-0.05, 0) is 50.2 Å². The Balaban J connectivity index is 1.68. The van der Waals surface area contributed by atoms with Crippen molar-refractivity contribution in [2.75, 3.05) is 43.4 Å². The number of carbonyl (C=O) groups excluding carboxylic acids is 1. The van der Waals surface area contributed by atoms with Crippen molar-refractivity contribution in [3.05, 3.63) is 45.6 Å². The Morgan fingerprint density at radius 2 is 1.93 bits per heavy atom. The first-order chi connectivity index (χ1) is 13.4. The number of rotatable bonds is 3. The number of carbonyl (C=O) groups is 1. The number of benzene rings is 1. The molecule has 0 spiro atoms. The molecule has 1 aromatic carbocycles. The van der Waals surface area contributed by atoms with E-state index >= 15 is 0 Å². The Morgan fingerprint density at radius 3 is 2.64 bits per heavy atom. The topological polar surface area (TPSA) is 61.4 Å². The Morgan fingerprint density at radius 1 is 1.18 bits per heavy atom. The lowest BCUT2D eigenvalue weighted by Crippen LogP contribution is -2.44. The summed E-state index contributed by atoms with van der Waals surface area (Å²) in [5, 5.41) is 4.64. The molecular formula is C20H22ClN5OS. The van der Waals surface area contributed by atoms with Crippen LogP contribution >= 0.6 is 22.9 Å². The molecule has 1 aliphatic rings. The summed E-state index contributed by atoms with van der Waals surface area (Å²) in [4.78, 5) is 28.1. The van der Waals surface area contributed by atoms with Gasteiger partial charge in [0.1, 0.15) is 17.0 Å². The first kappa shape index (κ1) is 19.1. The fourth-order valence-electron chi connectivity index (χ4n) is 3.47. The first-order valence-electron chi connectivity index (χ1n) is 9.19. The highest BCUT2D eigenvalue weighted by atomic mass is 35.5. The van der Waals surface area contributed by atoms with E-state index < -0.39 is 0 Å². The first-order valence-corrected chi connectivity index (χ1v) is 10.4. The molecule has 0 unspecified atom stereocenters. The standard InChI is InChI=1S/C20H22ClN5OS/c1-12-10-14(21)4-5-15(12)24-19(27)17-13(2)16-18(22-11-23-20(16)28-17)26-8-6-25(3)7-9-26/h4-5,10-11H,6-9H2,1-3H3,(H,24,27). The van der Waals surface area contributed by atoms with Gasteiger partial charge in [-0.25, -0.2) is 9.97 Å². The van der Waals surface area contributed by atoms with Crippen LogP contribution in [0.4, 0.5) is 11.5 Å². The maximum atomic E-state index is 13.0. The zero-order valence-electron chi connectivity index (χ0n) is 16.1. The summed E-state index contributed by atoms with van der Waals surface area (Å²) < 4.78 is 0. The van der Waals surface area contributed by atoms with Crippen molar-refractivity contribution in [3.63, 3.8) is 0 Å². The lowest BCUT2D eigenvalue weighted by atomic mass is 10.1. The number of fused-ring (bicyclic) bond motifs is 1. The van der Waals surface area contributed by atoms with E-state index in [1.54, 1.807) is 12.4 Å². The lowest BCUT2D eigenvalue weighted by Gasteiger charge is -2.33. The Hall–Kier alpha value is -2.22. The van der Waals surface area contributed by atoms with Crippen LogP contribution in [0.25, 0.3) is 10.2 Å². The number of anilines is 2. The molecule has 1 amide bonds. The molecule has 0 atom stereocenters. The molecule has 8 heteroatoms. The van der Waals surface area contributed by atoms with Crippen LogP contribution in [0, 0.1) is 13.8 Å². The number of nitrogens with one attached hydrogen (secondary N) is 1. The summed E-state index contributed by atoms with van der Waals surface area (Å²) in [7, 11) is 2.13. The fraction of sp³-hybridized carbons (Fsp3) is 0.350. The molecule has 146 valence electrons. The van der Waals surface area contributed by atoms with Gasteiger partial charge >= 0.3 is 0 Å². The molecule has 1 N–H and O–H groups in total. The smallest absolute Gasteiger partial charge is 0.266 e. The number of aryl methyl sites for hydroxylation is 2. The number of hydrogen-bond donors (Lipinski definition) is 1. The molecule has 4 rings (SSSR count). The Labute approximate surface area is 173 Å². The van der Waals surface area contributed by atoms with Gasteiger partial charge in [0.15, 0.2) is 0 Å². The van der Waals surface area contributed by atoms with Gasteiger partial charge in [-0.1, -0.05) is 11.6 Å². The molecule has 6 nitrogen and oxygen atoms in total. The van der Waals surface area contributed by atoms with Gasteiger partial charge in [0.25, 0.3) is 5.91 Å². The van der Waals surface area contributed by atoms with E-state index in [4.69, 9.17) is 11.6 Å². The molecule has 2 aromatic heterocycles. The second kappa shape index (κ2) is 7.66. The fourth-order valence-corrected chi connectivity index (χ4v) is 4.74. The van der Waals surface area contributed by atoms with Crippen LogP contribution in [0.5, 0.6) is 0 Å². The molecule has 28 heavy (non-hydrogen) atoms. The molecule has 0 radical (unpaired) electrons. The molecule has 0 aliphatic carbocycles. The quantitative estimate of drug-likeness (QED) is 0.701. The average molecular weight is 416 g/mol. The molecule has 0 bridgehead atoms. The average Bonchev–Trinajstić information content (AvgIpc) is 3.02. The minimum absolute atomic E-state index is 0.129. The van der Waals surface area contributed by atoms with Crippen molar-refractivity contribution >= 4 is 50.6 Å². The van der Waals surface area contributed by atoms with Gasteiger partial charge in [0, 0.05) is 36.9 Å². The van der Waals surface area contributed by atoms with Gasteiger partial charge in [0.2, 0.25) is 0 Å². The predicted octanol–water partition coefficient (Wildman–Crippen LogP) is 3.97. The van der Waals surface area contributed by atoms with E-state index in [9.17, 15) is 4.79 Å². The summed E-state index contributed by atoms with van der Waals surface area (Å²) in [5.74, 6) is 0.795. The van der Waals surface area contributed by atoms with Crippen molar-refractivity contribution < 1.29 is 4.79 Å². The normalized spacial score (nSPS) is 15.2. The number of halogens is 1. The zero-order chi connectivity index (χ0) is 19.8. The van der Waals surface area contributed by atoms with Crippen LogP contribution in [0.1, 0.15) is 20.8 Å². The summed E-state index contributed by atoms with van der Waals surface area (Å²) >= 11 is 7.43. The second-order valence-corrected chi connectivity index (χ2v) is 8.57.